The molecule has 0 saturated carbocycles. The van der Waals surface area contributed by atoms with Crippen molar-refractivity contribution in [1.29, 1.82) is 0 Å². The normalized spacial score (nSPS) is 12.3. The van der Waals surface area contributed by atoms with Crippen molar-refractivity contribution in [2.24, 2.45) is 0 Å². The van der Waals surface area contributed by atoms with E-state index in [-0.39, 0.29) is 11.6 Å². The fraction of sp³-hybridized carbons (Fsp3) is 0.278. The fourth-order valence-electron chi connectivity index (χ4n) is 2.53. The maximum absolute atomic E-state index is 12.3. The Morgan fingerprint density at radius 1 is 1.33 bits per heavy atom. The maximum Gasteiger partial charge on any atom is 0.259 e. The zero-order valence-electron chi connectivity index (χ0n) is 14.1. The highest BCUT2D eigenvalue weighted by molar-refractivity contribution is 6.50. The molecule has 0 saturated heterocycles. The van der Waals surface area contributed by atoms with E-state index in [0.29, 0.717) is 21.8 Å². The van der Waals surface area contributed by atoms with Gasteiger partial charge in [0, 0.05) is 17.8 Å². The molecule has 24 heavy (non-hydrogen) atoms. The molecule has 2 heterocycles. The van der Waals surface area contributed by atoms with Crippen molar-refractivity contribution in [3.8, 4) is 0 Å². The minimum absolute atomic E-state index is 0.195. The maximum atomic E-state index is 12.3. The molecule has 1 aromatic carbocycles. The number of rotatable bonds is 3. The van der Waals surface area contributed by atoms with E-state index in [4.69, 9.17) is 11.6 Å². The first-order valence-corrected chi connectivity index (χ1v) is 8.17. The third-order valence-corrected chi connectivity index (χ3v) is 4.22. The van der Waals surface area contributed by atoms with Gasteiger partial charge in [-0.25, -0.2) is 4.98 Å². The van der Waals surface area contributed by atoms with Gasteiger partial charge < -0.3 is 4.98 Å². The van der Waals surface area contributed by atoms with Gasteiger partial charge in [-0.3, -0.25) is 9.48 Å². The molecule has 0 unspecified atom stereocenters. The van der Waals surface area contributed by atoms with Gasteiger partial charge in [-0.15, -0.1) is 0 Å². The summed E-state index contributed by atoms with van der Waals surface area (Å²) in [5, 5.41) is 5.40. The van der Waals surface area contributed by atoms with Crippen molar-refractivity contribution < 1.29 is 0 Å². The summed E-state index contributed by atoms with van der Waals surface area (Å²) in [5.74, 6) is 0.361. The van der Waals surface area contributed by atoms with Gasteiger partial charge in [0.25, 0.3) is 5.56 Å². The second-order valence-corrected chi connectivity index (χ2v) is 6.53. The number of benzene rings is 1. The molecule has 3 aromatic rings. The van der Waals surface area contributed by atoms with Crippen LogP contribution in [-0.4, -0.2) is 19.7 Å². The second-order valence-electron chi connectivity index (χ2n) is 6.12. The van der Waals surface area contributed by atoms with E-state index in [1.54, 1.807) is 12.1 Å². The highest BCUT2D eigenvalue weighted by Gasteiger charge is 2.11. The van der Waals surface area contributed by atoms with Crippen molar-refractivity contribution in [3.05, 3.63) is 57.4 Å². The van der Waals surface area contributed by atoms with Gasteiger partial charge in [-0.2, -0.15) is 5.10 Å². The summed E-state index contributed by atoms with van der Waals surface area (Å²) in [6.45, 7) is 7.97. The molecule has 1 N–H and O–H groups in total. The van der Waals surface area contributed by atoms with Crippen LogP contribution in [0.15, 0.2) is 29.2 Å². The number of hydrogen-bond acceptors (Lipinski definition) is 3. The lowest BCUT2D eigenvalue weighted by atomic mass is 10.1. The summed E-state index contributed by atoms with van der Waals surface area (Å²) in [6.07, 6.45) is 3.72. The number of aryl methyl sites for hydroxylation is 2. The first kappa shape index (κ1) is 16.5. The molecule has 0 aliphatic carbocycles. The Morgan fingerprint density at radius 2 is 2.08 bits per heavy atom. The zero-order valence-corrected chi connectivity index (χ0v) is 14.8. The molecule has 0 amide bonds. The zero-order chi connectivity index (χ0) is 17.4. The average molecular weight is 343 g/mol. The Kier molecular flexibility index (Phi) is 4.28. The number of nitrogens with one attached hydrogen (secondary N) is 1. The van der Waals surface area contributed by atoms with E-state index in [0.717, 1.165) is 16.8 Å². The van der Waals surface area contributed by atoms with Crippen molar-refractivity contribution in [3.63, 3.8) is 0 Å². The van der Waals surface area contributed by atoms with Gasteiger partial charge in [-0.1, -0.05) is 23.7 Å². The highest BCUT2D eigenvalue weighted by Crippen LogP contribution is 2.22. The SMILES string of the molecule is Cc1nn(C(C)C)cc1/C=C(/Cl)c1nc2c(C)cccc2c(=O)[nH]1. The summed E-state index contributed by atoms with van der Waals surface area (Å²) in [4.78, 5) is 19.5. The van der Waals surface area contributed by atoms with Crippen LogP contribution < -0.4 is 5.56 Å². The fourth-order valence-corrected chi connectivity index (χ4v) is 2.73. The molecule has 0 aliphatic heterocycles. The molecule has 6 heteroatoms. The van der Waals surface area contributed by atoms with Gasteiger partial charge in [-0.05, 0) is 45.4 Å². The van der Waals surface area contributed by atoms with E-state index in [1.165, 1.54) is 0 Å². The molecule has 0 fully saturated rings. The van der Waals surface area contributed by atoms with E-state index in [2.05, 4.69) is 28.9 Å². The van der Waals surface area contributed by atoms with Crippen molar-refractivity contribution >= 4 is 33.6 Å². The van der Waals surface area contributed by atoms with Crippen LogP contribution >= 0.6 is 11.6 Å². The van der Waals surface area contributed by atoms with Gasteiger partial charge in [0.1, 0.15) is 0 Å². The number of nitrogens with zero attached hydrogens (tertiary/aromatic N) is 3. The summed E-state index contributed by atoms with van der Waals surface area (Å²) < 4.78 is 1.88. The van der Waals surface area contributed by atoms with Crippen LogP contribution in [0.4, 0.5) is 0 Å². The average Bonchev–Trinajstić information content (AvgIpc) is 2.89. The molecule has 0 aliphatic rings. The van der Waals surface area contributed by atoms with Crippen LogP contribution in [0.25, 0.3) is 22.0 Å². The Bertz CT molecular complexity index is 998. The second kappa shape index (κ2) is 6.24. The van der Waals surface area contributed by atoms with Gasteiger partial charge in [0.05, 0.1) is 21.6 Å². The largest absolute Gasteiger partial charge is 0.305 e. The molecular formula is C18H19ClN4O. The monoisotopic (exact) mass is 342 g/mol. The lowest BCUT2D eigenvalue weighted by Gasteiger charge is -2.04. The number of H-pyrrole nitrogens is 1. The van der Waals surface area contributed by atoms with Crippen LogP contribution in [0, 0.1) is 13.8 Å². The Hall–Kier alpha value is -2.40. The topological polar surface area (TPSA) is 63.6 Å². The minimum atomic E-state index is -0.195. The summed E-state index contributed by atoms with van der Waals surface area (Å²) >= 11 is 6.42. The van der Waals surface area contributed by atoms with Crippen LogP contribution in [-0.2, 0) is 0 Å². The number of fused-ring (bicyclic) bond motifs is 1. The van der Waals surface area contributed by atoms with Gasteiger partial charge >= 0.3 is 0 Å². The van der Waals surface area contributed by atoms with Gasteiger partial charge in [0.15, 0.2) is 5.82 Å². The van der Waals surface area contributed by atoms with E-state index >= 15 is 0 Å². The third kappa shape index (κ3) is 2.99. The number of hydrogen-bond donors (Lipinski definition) is 1. The molecule has 0 radical (unpaired) electrons. The van der Waals surface area contributed by atoms with Gasteiger partial charge in [0.2, 0.25) is 0 Å². The quantitative estimate of drug-likeness (QED) is 0.780. The van der Waals surface area contributed by atoms with Crippen molar-refractivity contribution in [1.82, 2.24) is 19.7 Å². The molecule has 3 rings (SSSR count). The number of para-hydroxylation sites is 1. The molecular weight excluding hydrogens is 324 g/mol. The lowest BCUT2D eigenvalue weighted by molar-refractivity contribution is 0.529. The standard InChI is InChI=1S/C18H19ClN4O/c1-10(2)23-9-13(12(4)22-23)8-15(19)17-20-16-11(3)6-5-7-14(16)18(24)21-17/h5-10H,1-4H3,(H,20,21,24)/b15-8+. The molecule has 0 spiro atoms. The third-order valence-electron chi connectivity index (χ3n) is 3.93. The predicted octanol–water partition coefficient (Wildman–Crippen LogP) is 4.05. The van der Waals surface area contributed by atoms with Crippen molar-refractivity contribution in [2.45, 2.75) is 33.7 Å². The van der Waals surface area contributed by atoms with E-state index < -0.39 is 0 Å². The van der Waals surface area contributed by atoms with Crippen molar-refractivity contribution in [2.75, 3.05) is 0 Å². The van der Waals surface area contributed by atoms with Crippen LogP contribution in [0.1, 0.15) is 42.5 Å². The van der Waals surface area contributed by atoms with Crippen LogP contribution in [0.5, 0.6) is 0 Å². The van der Waals surface area contributed by atoms with E-state index in [1.807, 2.05) is 36.9 Å². The number of aromatic amines is 1. The summed E-state index contributed by atoms with van der Waals surface area (Å²) in [7, 11) is 0. The van der Waals surface area contributed by atoms with Crippen LogP contribution in [0.3, 0.4) is 0 Å². The molecule has 5 nitrogen and oxygen atoms in total. The number of halogens is 1. The molecule has 0 atom stereocenters. The molecule has 0 bridgehead atoms. The van der Waals surface area contributed by atoms with E-state index in [9.17, 15) is 4.79 Å². The Labute approximate surface area is 145 Å². The molecule has 124 valence electrons. The Balaban J connectivity index is 2.10. The first-order chi connectivity index (χ1) is 11.4. The summed E-state index contributed by atoms with van der Waals surface area (Å²) in [6, 6.07) is 5.79. The van der Waals surface area contributed by atoms with Crippen LogP contribution in [0.2, 0.25) is 0 Å². The lowest BCUT2D eigenvalue weighted by Crippen LogP contribution is -2.11. The summed E-state index contributed by atoms with van der Waals surface area (Å²) in [5.41, 5.74) is 3.19. The first-order valence-electron chi connectivity index (χ1n) is 7.80. The number of aromatic nitrogens is 4. The predicted molar refractivity (Wildman–Crippen MR) is 98.2 cm³/mol. The Morgan fingerprint density at radius 3 is 2.75 bits per heavy atom. The molecule has 2 aromatic heterocycles. The smallest absolute Gasteiger partial charge is 0.259 e. The minimum Gasteiger partial charge on any atom is -0.305 e. The highest BCUT2D eigenvalue weighted by atomic mass is 35.5.